The van der Waals surface area contributed by atoms with Crippen molar-refractivity contribution < 1.29 is 9.18 Å². The van der Waals surface area contributed by atoms with Crippen LogP contribution in [0.3, 0.4) is 0 Å². The molecule has 0 aliphatic rings. The Hall–Kier alpha value is -1.96. The van der Waals surface area contributed by atoms with Crippen LogP contribution in [0.15, 0.2) is 18.2 Å². The Morgan fingerprint density at radius 3 is 1.76 bits per heavy atom. The van der Waals surface area contributed by atoms with Gasteiger partial charge in [-0.25, -0.2) is 4.39 Å². The molecule has 0 aliphatic heterocycles. The molecule has 0 atom stereocenters. The smallest absolute Gasteiger partial charge is 0.193 e. The summed E-state index contributed by atoms with van der Waals surface area (Å²) < 4.78 is 13.2. The highest BCUT2D eigenvalue weighted by atomic mass is 19.1. The summed E-state index contributed by atoms with van der Waals surface area (Å²) in [5.74, 6) is -0.331. The Kier molecular flexibility index (Phi) is 3.99. The third-order valence-electron chi connectivity index (χ3n) is 4.66. The molecule has 0 radical (unpaired) electrons. The maximum absolute atomic E-state index is 13.2. The third kappa shape index (κ3) is 2.51. The Bertz CT molecular complexity index is 713. The van der Waals surface area contributed by atoms with Crippen molar-refractivity contribution in [3.63, 3.8) is 0 Å². The summed E-state index contributed by atoms with van der Waals surface area (Å²) in [5.41, 5.74) is 7.58. The van der Waals surface area contributed by atoms with Gasteiger partial charge in [0, 0.05) is 11.1 Å². The van der Waals surface area contributed by atoms with Gasteiger partial charge < -0.3 is 0 Å². The first-order chi connectivity index (χ1) is 9.75. The number of carbonyl (C=O) groups is 1. The first kappa shape index (κ1) is 15.4. The van der Waals surface area contributed by atoms with E-state index in [-0.39, 0.29) is 11.6 Å². The van der Waals surface area contributed by atoms with Crippen LogP contribution >= 0.6 is 0 Å². The molecule has 0 N–H and O–H groups in total. The fourth-order valence-corrected chi connectivity index (χ4v) is 2.86. The Morgan fingerprint density at radius 1 is 0.810 bits per heavy atom. The number of benzene rings is 2. The van der Waals surface area contributed by atoms with Crippen molar-refractivity contribution in [3.05, 3.63) is 68.5 Å². The maximum atomic E-state index is 13.2. The minimum absolute atomic E-state index is 0.0197. The molecule has 0 amide bonds. The van der Waals surface area contributed by atoms with E-state index < -0.39 is 0 Å². The van der Waals surface area contributed by atoms with Gasteiger partial charge >= 0.3 is 0 Å². The summed E-state index contributed by atoms with van der Waals surface area (Å²) in [6.45, 7) is 11.9. The normalized spacial score (nSPS) is 10.8. The van der Waals surface area contributed by atoms with Crippen LogP contribution in [0.2, 0.25) is 0 Å². The number of carbonyl (C=O) groups excluding carboxylic acids is 1. The lowest BCUT2D eigenvalue weighted by atomic mass is 9.85. The Balaban J connectivity index is 2.70. The third-order valence-corrected chi connectivity index (χ3v) is 4.66. The SMILES string of the molecule is Cc1cc(F)ccc1C(=O)c1c(C)c(C)c(C)c(C)c1C. The van der Waals surface area contributed by atoms with Gasteiger partial charge in [0.1, 0.15) is 5.82 Å². The van der Waals surface area contributed by atoms with E-state index in [1.807, 2.05) is 27.7 Å². The van der Waals surface area contributed by atoms with E-state index in [1.165, 1.54) is 17.7 Å². The van der Waals surface area contributed by atoms with E-state index in [2.05, 4.69) is 6.92 Å². The number of hydrogen-bond acceptors (Lipinski definition) is 1. The van der Waals surface area contributed by atoms with E-state index in [9.17, 15) is 9.18 Å². The molecule has 0 saturated heterocycles. The number of aryl methyl sites for hydroxylation is 1. The van der Waals surface area contributed by atoms with Gasteiger partial charge in [0.25, 0.3) is 0 Å². The van der Waals surface area contributed by atoms with Gasteiger partial charge in [-0.15, -0.1) is 0 Å². The zero-order valence-electron chi connectivity index (χ0n) is 13.5. The summed E-state index contributed by atoms with van der Waals surface area (Å²) in [4.78, 5) is 12.9. The zero-order chi connectivity index (χ0) is 15.9. The summed E-state index contributed by atoms with van der Waals surface area (Å²) in [5, 5.41) is 0. The van der Waals surface area contributed by atoms with Crippen LogP contribution in [0.1, 0.15) is 49.3 Å². The highest BCUT2D eigenvalue weighted by Gasteiger charge is 2.20. The summed E-state index contributed by atoms with van der Waals surface area (Å²) >= 11 is 0. The zero-order valence-corrected chi connectivity index (χ0v) is 13.5. The number of halogens is 1. The first-order valence-electron chi connectivity index (χ1n) is 7.13. The lowest BCUT2D eigenvalue weighted by Gasteiger charge is -2.18. The molecule has 2 aromatic carbocycles. The standard InChI is InChI=1S/C19H21FO/c1-10-9-16(20)7-8-17(10)19(21)18-14(5)12(3)11(2)13(4)15(18)6/h7-9H,1-6H3. The van der Waals surface area contributed by atoms with E-state index >= 15 is 0 Å². The molecule has 2 aromatic rings. The molecule has 0 spiro atoms. The molecule has 0 fully saturated rings. The van der Waals surface area contributed by atoms with Crippen molar-refractivity contribution in [1.29, 1.82) is 0 Å². The second kappa shape index (κ2) is 5.44. The predicted octanol–water partition coefficient (Wildman–Crippen LogP) is 4.91. The van der Waals surface area contributed by atoms with Crippen molar-refractivity contribution in [2.45, 2.75) is 41.5 Å². The molecule has 0 aliphatic carbocycles. The molecule has 0 heterocycles. The fourth-order valence-electron chi connectivity index (χ4n) is 2.86. The molecule has 0 unspecified atom stereocenters. The van der Waals surface area contributed by atoms with Crippen molar-refractivity contribution in [2.24, 2.45) is 0 Å². The van der Waals surface area contributed by atoms with Gasteiger partial charge in [-0.3, -0.25) is 4.79 Å². The van der Waals surface area contributed by atoms with Crippen LogP contribution in [-0.4, -0.2) is 5.78 Å². The molecule has 110 valence electrons. The minimum Gasteiger partial charge on any atom is -0.289 e. The second-order valence-electron chi connectivity index (χ2n) is 5.79. The van der Waals surface area contributed by atoms with Gasteiger partial charge in [0.2, 0.25) is 0 Å². The quantitative estimate of drug-likeness (QED) is 0.716. The highest BCUT2D eigenvalue weighted by Crippen LogP contribution is 2.28. The summed E-state index contributed by atoms with van der Waals surface area (Å²) in [6, 6.07) is 4.33. The van der Waals surface area contributed by atoms with Crippen LogP contribution in [-0.2, 0) is 0 Å². The summed E-state index contributed by atoms with van der Waals surface area (Å²) in [7, 11) is 0. The summed E-state index contributed by atoms with van der Waals surface area (Å²) in [6.07, 6.45) is 0. The van der Waals surface area contributed by atoms with Crippen molar-refractivity contribution in [1.82, 2.24) is 0 Å². The van der Waals surface area contributed by atoms with Gasteiger partial charge in [-0.05, 0) is 93.1 Å². The Labute approximate surface area is 125 Å². The molecular formula is C19H21FO. The lowest BCUT2D eigenvalue weighted by molar-refractivity contribution is 0.103. The van der Waals surface area contributed by atoms with Crippen LogP contribution in [0, 0.1) is 47.4 Å². The van der Waals surface area contributed by atoms with E-state index in [1.54, 1.807) is 13.0 Å². The Morgan fingerprint density at radius 2 is 1.29 bits per heavy atom. The van der Waals surface area contributed by atoms with Gasteiger partial charge in [-0.1, -0.05) is 0 Å². The van der Waals surface area contributed by atoms with Crippen LogP contribution < -0.4 is 0 Å². The maximum Gasteiger partial charge on any atom is 0.193 e. The van der Waals surface area contributed by atoms with Crippen molar-refractivity contribution in [3.8, 4) is 0 Å². The van der Waals surface area contributed by atoms with Gasteiger partial charge in [-0.2, -0.15) is 0 Å². The molecule has 2 rings (SSSR count). The van der Waals surface area contributed by atoms with E-state index in [0.29, 0.717) is 11.1 Å². The molecule has 21 heavy (non-hydrogen) atoms. The van der Waals surface area contributed by atoms with E-state index in [0.717, 1.165) is 27.8 Å². The topological polar surface area (TPSA) is 17.1 Å². The van der Waals surface area contributed by atoms with Crippen LogP contribution in [0.25, 0.3) is 0 Å². The predicted molar refractivity (Wildman–Crippen MR) is 84.7 cm³/mol. The molecular weight excluding hydrogens is 263 g/mol. The van der Waals surface area contributed by atoms with Crippen LogP contribution in [0.4, 0.5) is 4.39 Å². The number of rotatable bonds is 2. The van der Waals surface area contributed by atoms with E-state index in [4.69, 9.17) is 0 Å². The van der Waals surface area contributed by atoms with Crippen LogP contribution in [0.5, 0.6) is 0 Å². The molecule has 2 heteroatoms. The molecule has 0 bridgehead atoms. The first-order valence-corrected chi connectivity index (χ1v) is 7.13. The molecule has 0 saturated carbocycles. The average Bonchev–Trinajstić information content (AvgIpc) is 2.43. The van der Waals surface area contributed by atoms with Gasteiger partial charge in [0.15, 0.2) is 5.78 Å². The minimum atomic E-state index is -0.311. The monoisotopic (exact) mass is 284 g/mol. The molecule has 1 nitrogen and oxygen atoms in total. The molecule has 0 aromatic heterocycles. The van der Waals surface area contributed by atoms with Crippen molar-refractivity contribution >= 4 is 5.78 Å². The fraction of sp³-hybridized carbons (Fsp3) is 0.316. The second-order valence-corrected chi connectivity index (χ2v) is 5.79. The largest absolute Gasteiger partial charge is 0.289 e. The lowest BCUT2D eigenvalue weighted by Crippen LogP contribution is -2.12. The van der Waals surface area contributed by atoms with Crippen molar-refractivity contribution in [2.75, 3.05) is 0 Å². The number of ketones is 1. The average molecular weight is 284 g/mol. The van der Waals surface area contributed by atoms with Gasteiger partial charge in [0.05, 0.1) is 0 Å². The highest BCUT2D eigenvalue weighted by molar-refractivity contribution is 6.12. The number of hydrogen-bond donors (Lipinski definition) is 0.